The van der Waals surface area contributed by atoms with Crippen molar-refractivity contribution in [2.45, 2.75) is 78.4 Å². The second-order valence-electron chi connectivity index (χ2n) is 16.2. The summed E-state index contributed by atoms with van der Waals surface area (Å²) in [5.74, 6) is 0.346. The van der Waals surface area contributed by atoms with Crippen molar-refractivity contribution in [2.24, 2.45) is 0 Å². The molecule has 0 aromatic heterocycles. The van der Waals surface area contributed by atoms with Crippen LogP contribution in [0.2, 0.25) is 0 Å². The first-order valence-electron chi connectivity index (χ1n) is 20.4. The zero-order valence-electron chi connectivity index (χ0n) is 39.4. The van der Waals surface area contributed by atoms with Crippen molar-refractivity contribution >= 4 is 89.3 Å². The van der Waals surface area contributed by atoms with Crippen LogP contribution in [0.3, 0.4) is 0 Å². The molecular formula is C49H40Na4O12S4. The first kappa shape index (κ1) is 61.0. The average molecular weight is 1040 g/mol. The van der Waals surface area contributed by atoms with E-state index in [1.807, 2.05) is 74.5 Å². The summed E-state index contributed by atoms with van der Waals surface area (Å²) in [7, 11) is -4.66. The Hall–Kier alpha value is -0.600. The monoisotopic (exact) mass is 1040 g/mol. The predicted molar refractivity (Wildman–Crippen MR) is 244 cm³/mol. The van der Waals surface area contributed by atoms with E-state index in [1.54, 1.807) is 6.07 Å². The van der Waals surface area contributed by atoms with E-state index in [0.717, 1.165) is 118 Å². The Balaban J connectivity index is 0.00000259. The Bertz CT molecular complexity index is 3180. The minimum absolute atomic E-state index is 0. The molecule has 0 fully saturated rings. The maximum absolute atomic E-state index is 12.0. The van der Waals surface area contributed by atoms with E-state index in [0.29, 0.717) is 33.9 Å². The molecular weight excluding hydrogens is 1000 g/mol. The van der Waals surface area contributed by atoms with Crippen LogP contribution in [-0.4, -0.2) is 13.0 Å². The minimum Gasteiger partial charge on any atom is -0.744 e. The van der Waals surface area contributed by atoms with Crippen LogP contribution in [0, 0.1) is 0 Å². The quantitative estimate of drug-likeness (QED) is 0.0301. The van der Waals surface area contributed by atoms with Crippen LogP contribution < -0.4 is 134 Å². The first-order chi connectivity index (χ1) is 31.4. The van der Waals surface area contributed by atoms with E-state index in [1.165, 1.54) is 17.7 Å². The van der Waals surface area contributed by atoms with Gasteiger partial charge >= 0.3 is 118 Å². The molecule has 0 aliphatic carbocycles. The number of rotatable bonds is 18. The third-order valence-corrected chi connectivity index (χ3v) is 14.3. The molecule has 0 N–H and O–H groups in total. The third-order valence-electron chi connectivity index (χ3n) is 11.7. The molecule has 0 atom stereocenters. The normalized spacial score (nSPS) is 11.5. The molecule has 12 nitrogen and oxygen atoms in total. The van der Waals surface area contributed by atoms with E-state index in [2.05, 4.69) is 75.8 Å². The Morgan fingerprint density at radius 2 is 0.710 bits per heavy atom. The predicted octanol–water partition coefficient (Wildman–Crippen LogP) is -2.07. The van der Waals surface area contributed by atoms with Crippen molar-refractivity contribution in [3.05, 3.63) is 166 Å². The van der Waals surface area contributed by atoms with Gasteiger partial charge in [-0.05, 0) is 167 Å². The van der Waals surface area contributed by atoms with Gasteiger partial charge in [0.25, 0.3) is 0 Å². The van der Waals surface area contributed by atoms with Crippen molar-refractivity contribution in [3.63, 3.8) is 0 Å². The van der Waals surface area contributed by atoms with Crippen molar-refractivity contribution in [1.82, 2.24) is 0 Å². The van der Waals surface area contributed by atoms with E-state index in [9.17, 15) is 28.7 Å². The van der Waals surface area contributed by atoms with Gasteiger partial charge in [-0.3, -0.25) is 15.1 Å². The van der Waals surface area contributed by atoms with Crippen LogP contribution in [0.15, 0.2) is 141 Å². The van der Waals surface area contributed by atoms with E-state index < -0.39 is 10.1 Å². The molecule has 0 bridgehead atoms. The zero-order chi connectivity index (χ0) is 45.8. The summed E-state index contributed by atoms with van der Waals surface area (Å²) in [5.41, 5.74) is 8.20. The third kappa shape index (κ3) is 14.4. The summed E-state index contributed by atoms with van der Waals surface area (Å²) in [5, 5.41) is 50.8. The average Bonchev–Trinajstić information content (AvgIpc) is 3.30. The van der Waals surface area contributed by atoms with Crippen LogP contribution >= 0.6 is 36.1 Å². The van der Waals surface area contributed by atoms with Crippen LogP contribution in [0.25, 0.3) is 43.1 Å². The molecule has 0 aliphatic heterocycles. The molecule has 0 radical (unpaired) electrons. The van der Waals surface area contributed by atoms with Crippen molar-refractivity contribution in [2.75, 3.05) is 0 Å². The molecule has 0 spiro atoms. The van der Waals surface area contributed by atoms with Gasteiger partial charge in [0.1, 0.15) is 10.1 Å². The number of fused-ring (bicyclic) bond motifs is 4. The van der Waals surface area contributed by atoms with Gasteiger partial charge in [0.2, 0.25) is 0 Å². The Kier molecular flexibility index (Phi) is 24.6. The van der Waals surface area contributed by atoms with Gasteiger partial charge in [0.05, 0.1) is 41.0 Å². The van der Waals surface area contributed by atoms with E-state index in [4.69, 9.17) is 8.67 Å². The largest absolute Gasteiger partial charge is 1.00 e. The Morgan fingerprint density at radius 3 is 1.07 bits per heavy atom. The van der Waals surface area contributed by atoms with Gasteiger partial charge in [-0.2, -0.15) is 13.0 Å². The zero-order valence-corrected chi connectivity index (χ0v) is 50.6. The van der Waals surface area contributed by atoms with E-state index >= 15 is 0 Å². The maximum Gasteiger partial charge on any atom is 1.00 e. The molecule has 0 heterocycles. The number of hydrogen-bond acceptors (Lipinski definition) is 15. The van der Waals surface area contributed by atoms with Crippen LogP contribution in [0.1, 0.15) is 84.0 Å². The molecule has 0 amide bonds. The molecule has 0 unspecified atom stereocenters. The molecule has 0 saturated carbocycles. The van der Waals surface area contributed by atoms with Crippen LogP contribution in [0.4, 0.5) is 0 Å². The van der Waals surface area contributed by atoms with Crippen molar-refractivity contribution < 1.29 is 175 Å². The van der Waals surface area contributed by atoms with Gasteiger partial charge in [0, 0.05) is 14.7 Å². The van der Waals surface area contributed by atoms with Gasteiger partial charge in [-0.25, -0.2) is 8.42 Å². The summed E-state index contributed by atoms with van der Waals surface area (Å²) in [6.45, 7) is 8.34. The van der Waals surface area contributed by atoms with Gasteiger partial charge in [-0.15, -0.1) is 0 Å². The molecule has 336 valence electrons. The van der Waals surface area contributed by atoms with Crippen molar-refractivity contribution in [1.29, 1.82) is 0 Å². The molecule has 20 heteroatoms. The topological polar surface area (TPSA) is 182 Å². The minimum atomic E-state index is -4.66. The van der Waals surface area contributed by atoms with Crippen LogP contribution in [-0.2, 0) is 57.5 Å². The summed E-state index contributed by atoms with van der Waals surface area (Å²) < 4.78 is 50.2. The SMILES string of the molecule is CC(C)c1ccc(Cc2ccc(Cc3ccc(Cc4ccc(C(C)C)c5cc(S(=O)(=O)[O-])ccc45)c4ccc(SOO[O-])cc34)c3ccc(SOO[O-])cc23)c2cc(SOO[O-])ccc12.[Na+].[Na+].[Na+].[Na+]. The molecule has 8 aromatic rings. The summed E-state index contributed by atoms with van der Waals surface area (Å²) in [6.07, 6.45) is 1.56. The summed E-state index contributed by atoms with van der Waals surface area (Å²) in [6, 6.07) is 38.9. The first-order valence-corrected chi connectivity index (χ1v) is 24.1. The number of hydrogen-bond donors (Lipinski definition) is 0. The van der Waals surface area contributed by atoms with Gasteiger partial charge in [0.15, 0.2) is 0 Å². The van der Waals surface area contributed by atoms with Crippen molar-refractivity contribution in [3.8, 4) is 0 Å². The van der Waals surface area contributed by atoms with Crippen LogP contribution in [0.5, 0.6) is 0 Å². The summed E-state index contributed by atoms with van der Waals surface area (Å²) in [4.78, 5) is 1.75. The molecule has 8 aromatic carbocycles. The van der Waals surface area contributed by atoms with Gasteiger partial charge in [-0.1, -0.05) is 100 Å². The fraction of sp³-hybridized carbons (Fsp3) is 0.184. The molecule has 0 aliphatic rings. The second kappa shape index (κ2) is 27.8. The smallest absolute Gasteiger partial charge is 0.744 e. The second-order valence-corrected chi connectivity index (χ2v) is 19.9. The van der Waals surface area contributed by atoms with E-state index in [-0.39, 0.29) is 135 Å². The standard InChI is InChI=1S/C49H44O12S4.4Na/c1-28(2)40-15-10-35(48-26-38(64-61-58-52)13-19-45(40)48)23-34-8-6-31(43-18-12-37(25-47(34)43)63-60-57-51)22-33-7-5-30(42-17-11-36(24-46(33)42)62-59-56-50)21-32-9-16-41(29(3)4)49-27-39(65(53,54)55)14-20-44(32)49;;;;/h5-20,24-29,50-52H,21-23H2,1-4H3,(H,53,54,55);;;;/q;4*+1/p-4. The van der Waals surface area contributed by atoms with Gasteiger partial charge < -0.3 is 20.3 Å². The number of benzene rings is 8. The maximum atomic E-state index is 12.0. The summed E-state index contributed by atoms with van der Waals surface area (Å²) >= 11 is 2.47. The molecule has 0 saturated heterocycles. The fourth-order valence-electron chi connectivity index (χ4n) is 8.74. The molecule has 8 rings (SSSR count). The Labute approximate surface area is 502 Å². The Morgan fingerprint density at radius 1 is 0.406 bits per heavy atom. The molecule has 69 heavy (non-hydrogen) atoms. The fourth-order valence-corrected chi connectivity index (χ4v) is 10.4.